The average molecular weight is 499 g/mol. The molecule has 1 atom stereocenters. The normalized spacial score (nSPS) is 13.5. The minimum Gasteiger partial charge on any atom is -0.416 e. The number of anilines is 1. The molecule has 2 heterocycles. The Morgan fingerprint density at radius 1 is 0.861 bits per heavy atom. The zero-order valence-electron chi connectivity index (χ0n) is 19.4. The summed E-state index contributed by atoms with van der Waals surface area (Å²) in [5.41, 5.74) is 2.69. The van der Waals surface area contributed by atoms with E-state index in [1.165, 1.54) is 0 Å². The number of fused-ring (bicyclic) bond motifs is 1. The van der Waals surface area contributed by atoms with Crippen LogP contribution in [0.15, 0.2) is 83.3 Å². The van der Waals surface area contributed by atoms with Crippen molar-refractivity contribution in [2.75, 3.05) is 17.3 Å². The van der Waals surface area contributed by atoms with Crippen LogP contribution < -0.4 is 5.32 Å². The van der Waals surface area contributed by atoms with Crippen LogP contribution in [-0.4, -0.2) is 50.9 Å². The van der Waals surface area contributed by atoms with Gasteiger partial charge in [0.2, 0.25) is 17.7 Å². The molecule has 0 spiro atoms. The molecule has 0 aliphatic carbocycles. The van der Waals surface area contributed by atoms with E-state index in [0.29, 0.717) is 46.3 Å². The summed E-state index contributed by atoms with van der Waals surface area (Å²) in [5.74, 6) is 0.0768. The maximum absolute atomic E-state index is 13.3. The zero-order valence-corrected chi connectivity index (χ0v) is 20.2. The van der Waals surface area contributed by atoms with Gasteiger partial charge < -0.3 is 9.73 Å². The monoisotopic (exact) mass is 498 g/mol. The highest BCUT2D eigenvalue weighted by Crippen LogP contribution is 2.28. The Hall–Kier alpha value is -4.24. The average Bonchev–Trinajstić information content (AvgIpc) is 3.50. The summed E-state index contributed by atoms with van der Waals surface area (Å²) < 4.78 is 5.79. The van der Waals surface area contributed by atoms with Crippen molar-refractivity contribution in [3.63, 3.8) is 0 Å². The fraction of sp³-hybridized carbons (Fsp3) is 0.148. The lowest BCUT2D eigenvalue weighted by Crippen LogP contribution is -2.47. The number of hydrogen-bond acceptors (Lipinski definition) is 7. The molecule has 1 aliphatic heterocycles. The second-order valence-corrected chi connectivity index (χ2v) is 9.15. The number of aromatic nitrogens is 2. The van der Waals surface area contributed by atoms with E-state index in [0.717, 1.165) is 10.5 Å². The summed E-state index contributed by atoms with van der Waals surface area (Å²) in [5, 5.41) is 11.1. The van der Waals surface area contributed by atoms with Crippen LogP contribution in [0, 0.1) is 0 Å². The minimum absolute atomic E-state index is 0.322. The largest absolute Gasteiger partial charge is 0.416 e. The quantitative estimate of drug-likeness (QED) is 0.349. The van der Waals surface area contributed by atoms with Crippen LogP contribution in [0.3, 0.4) is 0 Å². The van der Waals surface area contributed by atoms with E-state index in [1.807, 2.05) is 36.6 Å². The Bertz CT molecular complexity index is 1380. The first-order chi connectivity index (χ1) is 17.6. The molecule has 5 rings (SSSR count). The lowest BCUT2D eigenvalue weighted by Gasteiger charge is -2.25. The van der Waals surface area contributed by atoms with Crippen LogP contribution in [0.5, 0.6) is 0 Å². The van der Waals surface area contributed by atoms with Crippen molar-refractivity contribution >= 4 is 35.2 Å². The van der Waals surface area contributed by atoms with Crippen molar-refractivity contribution in [1.29, 1.82) is 0 Å². The standard InChI is InChI=1S/C27H22N4O4S/c1-36-16-15-22(31-26(33)20-9-5-6-10-21(20)27(31)34)23(32)28-19-13-11-18(12-14-19)25-30-29-24(35-25)17-7-3-2-4-8-17/h2-14,22H,15-16H2,1H3,(H,28,32). The van der Waals surface area contributed by atoms with Gasteiger partial charge in [0.25, 0.3) is 11.8 Å². The lowest BCUT2D eigenvalue weighted by molar-refractivity contribution is -0.120. The Labute approximate surface area is 211 Å². The van der Waals surface area contributed by atoms with Gasteiger partial charge in [0.1, 0.15) is 6.04 Å². The maximum Gasteiger partial charge on any atom is 0.262 e. The van der Waals surface area contributed by atoms with Crippen molar-refractivity contribution in [3.05, 3.63) is 90.0 Å². The number of thioether (sulfide) groups is 1. The number of nitrogens with zero attached hydrogens (tertiary/aromatic N) is 3. The van der Waals surface area contributed by atoms with E-state index in [1.54, 1.807) is 60.3 Å². The lowest BCUT2D eigenvalue weighted by atomic mass is 10.1. The van der Waals surface area contributed by atoms with Crippen molar-refractivity contribution in [3.8, 4) is 22.9 Å². The van der Waals surface area contributed by atoms with E-state index >= 15 is 0 Å². The van der Waals surface area contributed by atoms with Gasteiger partial charge in [0.05, 0.1) is 11.1 Å². The summed E-state index contributed by atoms with van der Waals surface area (Å²) in [7, 11) is 0. The number of rotatable bonds is 8. The molecule has 0 fully saturated rings. The highest BCUT2D eigenvalue weighted by Gasteiger charge is 2.42. The number of carbonyl (C=O) groups is 3. The molecule has 3 aromatic carbocycles. The van der Waals surface area contributed by atoms with Gasteiger partial charge >= 0.3 is 0 Å². The molecule has 4 aromatic rings. The Balaban J connectivity index is 1.32. The summed E-state index contributed by atoms with van der Waals surface area (Å²) in [6, 6.07) is 22.1. The first-order valence-corrected chi connectivity index (χ1v) is 12.7. The molecule has 1 aromatic heterocycles. The Kier molecular flexibility index (Phi) is 6.64. The van der Waals surface area contributed by atoms with Crippen LogP contribution in [0.2, 0.25) is 0 Å². The molecule has 9 heteroatoms. The van der Waals surface area contributed by atoms with Crippen LogP contribution in [0.25, 0.3) is 22.9 Å². The number of benzene rings is 3. The molecule has 0 saturated carbocycles. The van der Waals surface area contributed by atoms with E-state index in [2.05, 4.69) is 15.5 Å². The molecule has 1 aliphatic rings. The number of carbonyl (C=O) groups excluding carboxylic acids is 3. The van der Waals surface area contributed by atoms with Gasteiger partial charge in [0, 0.05) is 16.8 Å². The topological polar surface area (TPSA) is 105 Å². The Morgan fingerprint density at radius 2 is 1.42 bits per heavy atom. The smallest absolute Gasteiger partial charge is 0.262 e. The number of nitrogens with one attached hydrogen (secondary N) is 1. The van der Waals surface area contributed by atoms with Crippen molar-refractivity contribution in [2.24, 2.45) is 0 Å². The molecule has 0 radical (unpaired) electrons. The van der Waals surface area contributed by atoms with Crippen LogP contribution >= 0.6 is 11.8 Å². The molecule has 1 N–H and O–H groups in total. The number of amides is 3. The van der Waals surface area contributed by atoms with Crippen molar-refractivity contribution in [2.45, 2.75) is 12.5 Å². The van der Waals surface area contributed by atoms with E-state index in [4.69, 9.17) is 4.42 Å². The molecular formula is C27H22N4O4S. The number of hydrogen-bond donors (Lipinski definition) is 1. The first kappa shape index (κ1) is 23.5. The van der Waals surface area contributed by atoms with Gasteiger partial charge in [-0.1, -0.05) is 30.3 Å². The maximum atomic E-state index is 13.3. The highest BCUT2D eigenvalue weighted by atomic mass is 32.2. The van der Waals surface area contributed by atoms with Crippen molar-refractivity contribution < 1.29 is 18.8 Å². The summed E-state index contributed by atoms with van der Waals surface area (Å²) >= 11 is 1.55. The minimum atomic E-state index is -0.922. The molecule has 0 saturated heterocycles. The number of imide groups is 1. The fourth-order valence-electron chi connectivity index (χ4n) is 4.06. The predicted molar refractivity (Wildman–Crippen MR) is 138 cm³/mol. The molecule has 0 bridgehead atoms. The van der Waals surface area contributed by atoms with Gasteiger partial charge in [0.15, 0.2) is 0 Å². The van der Waals surface area contributed by atoms with E-state index in [9.17, 15) is 14.4 Å². The molecular weight excluding hydrogens is 476 g/mol. The van der Waals surface area contributed by atoms with E-state index < -0.39 is 23.8 Å². The fourth-order valence-corrected chi connectivity index (χ4v) is 4.52. The van der Waals surface area contributed by atoms with Crippen LogP contribution in [0.4, 0.5) is 5.69 Å². The summed E-state index contributed by atoms with van der Waals surface area (Å²) in [4.78, 5) is 40.3. The molecule has 36 heavy (non-hydrogen) atoms. The van der Waals surface area contributed by atoms with Gasteiger partial charge in [-0.2, -0.15) is 11.8 Å². The van der Waals surface area contributed by atoms with Gasteiger partial charge in [-0.3, -0.25) is 19.3 Å². The second-order valence-electron chi connectivity index (χ2n) is 8.17. The van der Waals surface area contributed by atoms with E-state index in [-0.39, 0.29) is 0 Å². The summed E-state index contributed by atoms with van der Waals surface area (Å²) in [6.07, 6.45) is 2.26. The van der Waals surface area contributed by atoms with Gasteiger partial charge in [-0.25, -0.2) is 0 Å². The predicted octanol–water partition coefficient (Wildman–Crippen LogP) is 4.76. The molecule has 3 amide bonds. The highest BCUT2D eigenvalue weighted by molar-refractivity contribution is 7.98. The zero-order chi connectivity index (χ0) is 25.1. The summed E-state index contributed by atoms with van der Waals surface area (Å²) in [6.45, 7) is 0. The third-order valence-electron chi connectivity index (χ3n) is 5.88. The molecule has 8 nitrogen and oxygen atoms in total. The van der Waals surface area contributed by atoms with Crippen molar-refractivity contribution in [1.82, 2.24) is 15.1 Å². The van der Waals surface area contributed by atoms with Gasteiger partial charge in [-0.05, 0) is 67.0 Å². The SMILES string of the molecule is CSCCC(C(=O)Nc1ccc(-c2nnc(-c3ccccc3)o2)cc1)N1C(=O)c2ccccc2C1=O. The van der Waals surface area contributed by atoms with Crippen LogP contribution in [0.1, 0.15) is 27.1 Å². The van der Waals surface area contributed by atoms with Gasteiger partial charge in [-0.15, -0.1) is 10.2 Å². The Morgan fingerprint density at radius 3 is 2.00 bits per heavy atom. The molecule has 180 valence electrons. The van der Waals surface area contributed by atoms with Crippen LogP contribution in [-0.2, 0) is 4.79 Å². The third kappa shape index (κ3) is 4.52. The second kappa shape index (κ2) is 10.2. The first-order valence-electron chi connectivity index (χ1n) is 11.3. The molecule has 1 unspecified atom stereocenters. The third-order valence-corrected chi connectivity index (χ3v) is 6.52.